The summed E-state index contributed by atoms with van der Waals surface area (Å²) in [6, 6.07) is -0.852. The molecule has 0 bridgehead atoms. The highest BCUT2D eigenvalue weighted by Gasteiger charge is 2.30. The standard InChI is InChI=1S/C71H135N2O7P/c1-7-10-13-16-19-22-25-28-30-31-32-33-34-35-36-37-38-39-40-41-43-45-48-51-54-57-60-63-70(74)72-68(67-79-81(76,77)78-66-65-73(4,5)6)69(62-59-56-53-50-47-44-27-24-21-18-15-12-9-3)80-71(75)64-61-58-55-52-49-46-42-29-26-23-20-17-14-11-8-2/h20,23,26,28-30,59,62,68-69H,7-19,21-22,24-25,27,31-58,60-61,63-67H2,1-6H3,(H-,72,74,76,77)/p+1/b23-20+,29-26+,30-28+,62-59-. The van der Waals surface area contributed by atoms with Crippen molar-refractivity contribution in [2.75, 3.05) is 40.9 Å². The van der Waals surface area contributed by atoms with Crippen LogP contribution in [0.1, 0.15) is 342 Å². The fourth-order valence-electron chi connectivity index (χ4n) is 10.3. The number of carbonyl (C=O) groups excluding carboxylic acids is 2. The molecule has 0 aromatic heterocycles. The number of allylic oxidation sites excluding steroid dienone is 7. The van der Waals surface area contributed by atoms with E-state index in [1.807, 2.05) is 33.3 Å². The minimum absolute atomic E-state index is 0.0396. The van der Waals surface area contributed by atoms with Crippen molar-refractivity contribution in [3.05, 3.63) is 48.6 Å². The van der Waals surface area contributed by atoms with Crippen LogP contribution in [-0.4, -0.2) is 74.3 Å². The molecule has 9 nitrogen and oxygen atoms in total. The summed E-state index contributed by atoms with van der Waals surface area (Å²) in [6.07, 6.45) is 77.0. The van der Waals surface area contributed by atoms with Crippen LogP contribution in [0.2, 0.25) is 0 Å². The second kappa shape index (κ2) is 61.1. The maximum atomic E-state index is 13.6. The fourth-order valence-corrected chi connectivity index (χ4v) is 11.1. The molecule has 81 heavy (non-hydrogen) atoms. The van der Waals surface area contributed by atoms with Crippen molar-refractivity contribution < 1.29 is 37.3 Å². The number of likely N-dealkylation sites (N-methyl/N-ethyl adjacent to an activating group) is 1. The number of hydrogen-bond donors (Lipinski definition) is 2. The minimum atomic E-state index is -4.45. The number of rotatable bonds is 64. The summed E-state index contributed by atoms with van der Waals surface area (Å²) in [6.45, 7) is 7.02. The van der Waals surface area contributed by atoms with Gasteiger partial charge in [0.15, 0.2) is 0 Å². The van der Waals surface area contributed by atoms with Crippen LogP contribution in [-0.2, 0) is 27.9 Å². The van der Waals surface area contributed by atoms with Crippen LogP contribution in [0.25, 0.3) is 0 Å². The molecule has 0 spiro atoms. The van der Waals surface area contributed by atoms with Gasteiger partial charge >= 0.3 is 13.8 Å². The Labute approximate surface area is 503 Å². The SMILES string of the molecule is CCCCC/C=C/C=C/CCCCCCCCC(=O)OC(/C=C\CCCCCCCCCCCCC)C(COP(=O)(O)OCC[N+](C)(C)C)NC(=O)CCCCCCCCCCCCCCCCCCC/C=C/CCCCCCCC. The molecule has 0 saturated heterocycles. The lowest BCUT2D eigenvalue weighted by Gasteiger charge is -2.27. The summed E-state index contributed by atoms with van der Waals surface area (Å²) in [7, 11) is 1.50. The van der Waals surface area contributed by atoms with Gasteiger partial charge in [-0.3, -0.25) is 18.6 Å². The maximum absolute atomic E-state index is 13.6. The Morgan fingerprint density at radius 2 is 0.753 bits per heavy atom. The van der Waals surface area contributed by atoms with E-state index in [2.05, 4.69) is 62.5 Å². The van der Waals surface area contributed by atoms with Crippen molar-refractivity contribution in [2.45, 2.75) is 354 Å². The van der Waals surface area contributed by atoms with E-state index in [0.717, 1.165) is 77.0 Å². The third kappa shape index (κ3) is 62.3. The number of unbranched alkanes of at least 4 members (excludes halogenated alkanes) is 43. The van der Waals surface area contributed by atoms with E-state index in [4.69, 9.17) is 13.8 Å². The number of esters is 1. The van der Waals surface area contributed by atoms with Crippen LogP contribution in [0.5, 0.6) is 0 Å². The smallest absolute Gasteiger partial charge is 0.456 e. The van der Waals surface area contributed by atoms with Gasteiger partial charge in [0.1, 0.15) is 19.3 Å². The molecule has 3 atom stereocenters. The average Bonchev–Trinajstić information content (AvgIpc) is 3.44. The van der Waals surface area contributed by atoms with Crippen molar-refractivity contribution in [2.24, 2.45) is 0 Å². The number of hydrogen-bond acceptors (Lipinski definition) is 6. The first kappa shape index (κ1) is 79.0. The molecule has 0 fully saturated rings. The first-order chi connectivity index (χ1) is 39.4. The van der Waals surface area contributed by atoms with Crippen molar-refractivity contribution >= 4 is 19.7 Å². The van der Waals surface area contributed by atoms with Gasteiger partial charge in [0, 0.05) is 12.8 Å². The first-order valence-corrected chi connectivity index (χ1v) is 36.5. The molecule has 0 heterocycles. The minimum Gasteiger partial charge on any atom is -0.456 e. The number of nitrogens with zero attached hydrogens (tertiary/aromatic N) is 1. The van der Waals surface area contributed by atoms with E-state index in [-0.39, 0.29) is 31.5 Å². The number of phosphoric ester groups is 1. The highest BCUT2D eigenvalue weighted by molar-refractivity contribution is 7.47. The van der Waals surface area contributed by atoms with Crippen LogP contribution in [0.15, 0.2) is 48.6 Å². The van der Waals surface area contributed by atoms with Gasteiger partial charge < -0.3 is 19.4 Å². The molecule has 3 unspecified atom stereocenters. The predicted octanol–water partition coefficient (Wildman–Crippen LogP) is 22.0. The van der Waals surface area contributed by atoms with Gasteiger partial charge in [-0.2, -0.15) is 0 Å². The number of ether oxygens (including phenoxy) is 1. The van der Waals surface area contributed by atoms with E-state index < -0.39 is 20.0 Å². The lowest BCUT2D eigenvalue weighted by molar-refractivity contribution is -0.870. The Bertz CT molecular complexity index is 1520. The van der Waals surface area contributed by atoms with Crippen LogP contribution < -0.4 is 5.32 Å². The van der Waals surface area contributed by atoms with Gasteiger partial charge in [0.2, 0.25) is 5.91 Å². The third-order valence-corrected chi connectivity index (χ3v) is 16.8. The number of phosphoric acid groups is 1. The number of amides is 1. The quantitative estimate of drug-likeness (QED) is 0.0156. The fraction of sp³-hybridized carbons (Fsp3) is 0.859. The molecule has 0 saturated carbocycles. The topological polar surface area (TPSA) is 111 Å². The molecular formula is C71H136N2O7P+. The van der Waals surface area contributed by atoms with Crippen LogP contribution in [0, 0.1) is 0 Å². The summed E-state index contributed by atoms with van der Waals surface area (Å²) in [5.74, 6) is -0.504. The van der Waals surface area contributed by atoms with Crippen LogP contribution >= 0.6 is 7.82 Å². The van der Waals surface area contributed by atoms with E-state index in [0.29, 0.717) is 17.4 Å². The molecule has 0 aliphatic rings. The molecule has 2 N–H and O–H groups in total. The van der Waals surface area contributed by atoms with Gasteiger partial charge in [-0.1, -0.05) is 294 Å². The lowest BCUT2D eigenvalue weighted by Crippen LogP contribution is -2.47. The third-order valence-electron chi connectivity index (χ3n) is 15.8. The van der Waals surface area contributed by atoms with E-state index in [1.54, 1.807) is 0 Å². The zero-order valence-electron chi connectivity index (χ0n) is 54.5. The molecule has 0 aromatic carbocycles. The Hall–Kier alpha value is -2.03. The second-order valence-corrected chi connectivity index (χ2v) is 26.5. The maximum Gasteiger partial charge on any atom is 0.472 e. The van der Waals surface area contributed by atoms with E-state index in [9.17, 15) is 19.0 Å². The van der Waals surface area contributed by atoms with Gasteiger partial charge in [0.25, 0.3) is 0 Å². The van der Waals surface area contributed by atoms with Gasteiger partial charge in [-0.15, -0.1) is 0 Å². The molecule has 10 heteroatoms. The Balaban J connectivity index is 5.02. The summed E-state index contributed by atoms with van der Waals surface area (Å²) in [5.41, 5.74) is 0. The molecule has 476 valence electrons. The van der Waals surface area contributed by atoms with Crippen LogP contribution in [0.3, 0.4) is 0 Å². The van der Waals surface area contributed by atoms with Crippen molar-refractivity contribution in [1.29, 1.82) is 0 Å². The molecule has 0 rings (SSSR count). The predicted molar refractivity (Wildman–Crippen MR) is 351 cm³/mol. The van der Waals surface area contributed by atoms with Crippen LogP contribution in [0.4, 0.5) is 0 Å². The Kier molecular flexibility index (Phi) is 59.5. The normalized spacial score (nSPS) is 13.8. The molecule has 0 aromatic rings. The second-order valence-electron chi connectivity index (χ2n) is 25.1. The van der Waals surface area contributed by atoms with Gasteiger partial charge in [-0.05, 0) is 83.1 Å². The Morgan fingerprint density at radius 1 is 0.432 bits per heavy atom. The number of nitrogens with one attached hydrogen (secondary N) is 1. The zero-order chi connectivity index (χ0) is 59.3. The summed E-state index contributed by atoms with van der Waals surface area (Å²) in [4.78, 5) is 37.8. The van der Waals surface area contributed by atoms with Gasteiger partial charge in [0.05, 0.1) is 33.8 Å². The summed E-state index contributed by atoms with van der Waals surface area (Å²) >= 11 is 0. The molecule has 1 amide bonds. The monoisotopic (exact) mass is 1160 g/mol. The molecule has 0 aliphatic heterocycles. The molecule has 0 radical (unpaired) electrons. The summed E-state index contributed by atoms with van der Waals surface area (Å²) < 4.78 is 30.8. The highest BCUT2D eigenvalue weighted by atomic mass is 31.2. The first-order valence-electron chi connectivity index (χ1n) is 35.0. The number of quaternary nitrogens is 1. The lowest BCUT2D eigenvalue weighted by atomic mass is 10.0. The van der Waals surface area contributed by atoms with E-state index >= 15 is 0 Å². The largest absolute Gasteiger partial charge is 0.472 e. The summed E-state index contributed by atoms with van der Waals surface area (Å²) in [5, 5.41) is 3.07. The zero-order valence-corrected chi connectivity index (χ0v) is 55.4. The highest BCUT2D eigenvalue weighted by Crippen LogP contribution is 2.43. The average molecular weight is 1160 g/mol. The van der Waals surface area contributed by atoms with E-state index in [1.165, 1.54) is 231 Å². The van der Waals surface area contributed by atoms with Crippen molar-refractivity contribution in [3.8, 4) is 0 Å². The molecular weight excluding hydrogens is 1020 g/mol. The number of carbonyl (C=O) groups is 2. The van der Waals surface area contributed by atoms with Crippen molar-refractivity contribution in [3.63, 3.8) is 0 Å². The Morgan fingerprint density at radius 3 is 1.15 bits per heavy atom. The molecule has 0 aliphatic carbocycles. The van der Waals surface area contributed by atoms with Gasteiger partial charge in [-0.25, -0.2) is 4.57 Å². The van der Waals surface area contributed by atoms with Crippen molar-refractivity contribution in [1.82, 2.24) is 5.32 Å².